The quantitative estimate of drug-likeness (QED) is 0.266. The molecule has 7 nitrogen and oxygen atoms in total. The molecule has 0 saturated carbocycles. The molecule has 3 aromatic carbocycles. The minimum Gasteiger partial charge on any atom is -0.492 e. The summed E-state index contributed by atoms with van der Waals surface area (Å²) in [5.41, 5.74) is 3.18. The Morgan fingerprint density at radius 2 is 1.65 bits per heavy atom. The topological polar surface area (TPSA) is 104 Å². The highest BCUT2D eigenvalue weighted by Gasteiger charge is 2.22. The number of carbonyl (C=O) groups excluding carboxylic acids is 1. The van der Waals surface area contributed by atoms with Crippen molar-refractivity contribution < 1.29 is 19.4 Å². The summed E-state index contributed by atoms with van der Waals surface area (Å²) in [6, 6.07) is 26.0. The average Bonchev–Trinajstić information content (AvgIpc) is 2.90. The van der Waals surface area contributed by atoms with Crippen LogP contribution in [0.5, 0.6) is 5.75 Å². The first-order chi connectivity index (χ1) is 17.9. The van der Waals surface area contributed by atoms with Gasteiger partial charge in [0.2, 0.25) is 0 Å². The van der Waals surface area contributed by atoms with Gasteiger partial charge < -0.3 is 19.7 Å². The summed E-state index contributed by atoms with van der Waals surface area (Å²) in [7, 11) is 0. The van der Waals surface area contributed by atoms with E-state index in [1.165, 1.54) is 0 Å². The zero-order valence-electron chi connectivity index (χ0n) is 19.9. The van der Waals surface area contributed by atoms with E-state index in [-0.39, 0.29) is 12.3 Å². The third kappa shape index (κ3) is 6.86. The summed E-state index contributed by atoms with van der Waals surface area (Å²) in [6.45, 7) is 0.889. The van der Waals surface area contributed by atoms with Crippen LogP contribution in [-0.4, -0.2) is 28.2 Å². The number of ether oxygens (including phenoxy) is 1. The van der Waals surface area contributed by atoms with Gasteiger partial charge in [-0.1, -0.05) is 54.1 Å². The number of halogens is 1. The molecule has 188 valence electrons. The molecule has 0 bridgehead atoms. The largest absolute Gasteiger partial charge is 0.492 e. The fourth-order valence-electron chi connectivity index (χ4n) is 3.98. The lowest BCUT2D eigenvalue weighted by Gasteiger charge is -2.21. The molecule has 0 saturated heterocycles. The Bertz CT molecular complexity index is 1430. The van der Waals surface area contributed by atoms with E-state index in [9.17, 15) is 14.7 Å². The van der Waals surface area contributed by atoms with Crippen molar-refractivity contribution in [2.24, 2.45) is 0 Å². The SMILES string of the molecule is N=c1ccccn1CCOc1ccc(C(=O)NC(CC(=O)O)c2ccccc2-c2ccc(Cl)cc2)cc1. The number of carboxylic acid groups (broad SMARTS) is 1. The second-order valence-corrected chi connectivity index (χ2v) is 8.81. The first-order valence-corrected chi connectivity index (χ1v) is 12.1. The molecule has 0 aliphatic heterocycles. The van der Waals surface area contributed by atoms with E-state index in [2.05, 4.69) is 5.32 Å². The van der Waals surface area contributed by atoms with Crippen LogP contribution in [0.4, 0.5) is 0 Å². The van der Waals surface area contributed by atoms with E-state index < -0.39 is 12.0 Å². The maximum Gasteiger partial charge on any atom is 0.305 e. The van der Waals surface area contributed by atoms with Gasteiger partial charge in [-0.3, -0.25) is 15.0 Å². The lowest BCUT2D eigenvalue weighted by Crippen LogP contribution is -2.30. The first-order valence-electron chi connectivity index (χ1n) is 11.7. The lowest BCUT2D eigenvalue weighted by molar-refractivity contribution is -0.137. The van der Waals surface area contributed by atoms with Gasteiger partial charge in [0.15, 0.2) is 0 Å². The van der Waals surface area contributed by atoms with Crippen molar-refractivity contribution in [1.29, 1.82) is 5.41 Å². The number of amides is 1. The Morgan fingerprint density at radius 1 is 0.946 bits per heavy atom. The third-order valence-electron chi connectivity index (χ3n) is 5.83. The van der Waals surface area contributed by atoms with Crippen molar-refractivity contribution in [1.82, 2.24) is 9.88 Å². The number of aromatic nitrogens is 1. The minimum atomic E-state index is -1.02. The van der Waals surface area contributed by atoms with Gasteiger partial charge in [-0.25, -0.2) is 0 Å². The Balaban J connectivity index is 1.46. The van der Waals surface area contributed by atoms with Crippen molar-refractivity contribution in [2.45, 2.75) is 19.0 Å². The van der Waals surface area contributed by atoms with Crippen LogP contribution in [0.2, 0.25) is 5.02 Å². The third-order valence-corrected chi connectivity index (χ3v) is 6.09. The summed E-state index contributed by atoms with van der Waals surface area (Å²) in [6.07, 6.45) is 1.55. The summed E-state index contributed by atoms with van der Waals surface area (Å²) in [5, 5.41) is 20.9. The van der Waals surface area contributed by atoms with Crippen LogP contribution in [-0.2, 0) is 11.3 Å². The number of hydrogen-bond donors (Lipinski definition) is 3. The van der Waals surface area contributed by atoms with Gasteiger partial charge >= 0.3 is 5.97 Å². The molecule has 0 aliphatic rings. The highest BCUT2D eigenvalue weighted by atomic mass is 35.5. The van der Waals surface area contributed by atoms with Gasteiger partial charge in [-0.15, -0.1) is 0 Å². The monoisotopic (exact) mass is 515 g/mol. The molecule has 0 aliphatic carbocycles. The maximum atomic E-state index is 13.1. The van der Waals surface area contributed by atoms with Crippen LogP contribution in [0.25, 0.3) is 11.1 Å². The van der Waals surface area contributed by atoms with E-state index in [4.69, 9.17) is 21.7 Å². The average molecular weight is 516 g/mol. The van der Waals surface area contributed by atoms with Crippen LogP contribution in [0.15, 0.2) is 97.2 Å². The molecule has 0 fully saturated rings. The fraction of sp³-hybridized carbons (Fsp3) is 0.138. The van der Waals surface area contributed by atoms with Gasteiger partial charge in [-0.05, 0) is 65.2 Å². The highest BCUT2D eigenvalue weighted by molar-refractivity contribution is 6.30. The standard InChI is InChI=1S/C29H26ClN3O4/c30-22-12-8-20(9-13-22)24-5-1-2-6-25(24)26(19-28(34)35)32-29(36)21-10-14-23(15-11-21)37-18-17-33-16-4-3-7-27(33)31/h1-16,26,31H,17-19H2,(H,32,36)(H,34,35). The molecule has 1 heterocycles. The zero-order chi connectivity index (χ0) is 26.2. The van der Waals surface area contributed by atoms with Gasteiger partial charge in [0.05, 0.1) is 19.0 Å². The van der Waals surface area contributed by atoms with Crippen LogP contribution in [0.3, 0.4) is 0 Å². The van der Waals surface area contributed by atoms with Gasteiger partial charge in [0.1, 0.15) is 17.8 Å². The molecule has 1 aromatic heterocycles. The summed E-state index contributed by atoms with van der Waals surface area (Å²) in [5.74, 6) is -0.816. The number of benzene rings is 3. The normalized spacial score (nSPS) is 11.5. The summed E-state index contributed by atoms with van der Waals surface area (Å²) < 4.78 is 7.52. The molecule has 1 unspecified atom stereocenters. The van der Waals surface area contributed by atoms with Crippen LogP contribution >= 0.6 is 11.6 Å². The van der Waals surface area contributed by atoms with Gasteiger partial charge in [0.25, 0.3) is 5.91 Å². The smallest absolute Gasteiger partial charge is 0.305 e. The number of hydrogen-bond acceptors (Lipinski definition) is 4. The molecule has 37 heavy (non-hydrogen) atoms. The second kappa shape index (κ2) is 12.1. The Morgan fingerprint density at radius 3 is 2.35 bits per heavy atom. The van der Waals surface area contributed by atoms with Crippen LogP contribution in [0.1, 0.15) is 28.4 Å². The fourth-order valence-corrected chi connectivity index (χ4v) is 4.11. The van der Waals surface area contributed by atoms with Crippen molar-refractivity contribution >= 4 is 23.5 Å². The maximum absolute atomic E-state index is 13.1. The molecule has 0 spiro atoms. The predicted octanol–water partition coefficient (Wildman–Crippen LogP) is 5.31. The minimum absolute atomic E-state index is 0.271. The highest BCUT2D eigenvalue weighted by Crippen LogP contribution is 2.31. The molecule has 4 aromatic rings. The predicted molar refractivity (Wildman–Crippen MR) is 142 cm³/mol. The second-order valence-electron chi connectivity index (χ2n) is 8.37. The van der Waals surface area contributed by atoms with E-state index in [0.717, 1.165) is 11.1 Å². The number of carbonyl (C=O) groups is 2. The summed E-state index contributed by atoms with van der Waals surface area (Å²) >= 11 is 6.03. The Hall–Kier alpha value is -4.36. The molecule has 8 heteroatoms. The summed E-state index contributed by atoms with van der Waals surface area (Å²) in [4.78, 5) is 24.7. The van der Waals surface area contributed by atoms with Crippen LogP contribution < -0.4 is 15.5 Å². The molecule has 0 radical (unpaired) electrons. The molecule has 1 atom stereocenters. The van der Waals surface area contributed by atoms with Gasteiger partial charge in [-0.2, -0.15) is 0 Å². The van der Waals surface area contributed by atoms with E-state index in [0.29, 0.717) is 40.5 Å². The number of nitrogens with zero attached hydrogens (tertiary/aromatic N) is 1. The van der Waals surface area contributed by atoms with Crippen LogP contribution in [0, 0.1) is 5.41 Å². The Labute approximate surface area is 219 Å². The molecular weight excluding hydrogens is 490 g/mol. The van der Waals surface area contributed by atoms with Crippen molar-refractivity contribution in [3.8, 4) is 16.9 Å². The Kier molecular flexibility index (Phi) is 8.38. The molecule has 3 N–H and O–H groups in total. The molecule has 1 amide bonds. The zero-order valence-corrected chi connectivity index (χ0v) is 20.7. The number of nitrogens with one attached hydrogen (secondary N) is 2. The number of pyridine rings is 1. The van der Waals surface area contributed by atoms with E-state index in [1.54, 1.807) is 53.1 Å². The van der Waals surface area contributed by atoms with E-state index >= 15 is 0 Å². The number of aliphatic carboxylic acids is 1. The molecular formula is C29H26ClN3O4. The number of carboxylic acids is 1. The van der Waals surface area contributed by atoms with Gasteiger partial charge in [0, 0.05) is 16.8 Å². The van der Waals surface area contributed by atoms with E-state index in [1.807, 2.05) is 48.7 Å². The van der Waals surface area contributed by atoms with Crippen molar-refractivity contribution in [2.75, 3.05) is 6.61 Å². The van der Waals surface area contributed by atoms with Crippen molar-refractivity contribution in [3.05, 3.63) is 119 Å². The molecule has 4 rings (SSSR count). The number of rotatable bonds is 10. The van der Waals surface area contributed by atoms with Crippen molar-refractivity contribution in [3.63, 3.8) is 0 Å². The lowest BCUT2D eigenvalue weighted by atomic mass is 9.93. The first kappa shape index (κ1) is 25.7.